The predicted molar refractivity (Wildman–Crippen MR) is 107 cm³/mol. The minimum Gasteiger partial charge on any atom is -0.462 e. The van der Waals surface area contributed by atoms with E-state index in [-0.39, 0.29) is 18.3 Å². The van der Waals surface area contributed by atoms with E-state index in [4.69, 9.17) is 9.15 Å². The lowest BCUT2D eigenvalue weighted by atomic mass is 10.1. The van der Waals surface area contributed by atoms with Crippen LogP contribution >= 0.6 is 11.3 Å². The molecule has 1 saturated carbocycles. The Morgan fingerprint density at radius 2 is 2.07 bits per heavy atom. The van der Waals surface area contributed by atoms with Crippen LogP contribution in [0.15, 0.2) is 46.4 Å². The Bertz CT molecular complexity index is 989. The molecule has 0 bridgehead atoms. The molecule has 2 aromatic heterocycles. The zero-order valence-corrected chi connectivity index (χ0v) is 16.3. The topological polar surface area (TPSA) is 81.4 Å². The number of anilines is 1. The molecule has 1 aliphatic carbocycles. The maximum Gasteiger partial charge on any atom is 0.341 e. The summed E-state index contributed by atoms with van der Waals surface area (Å²) in [7, 11) is 0. The highest BCUT2D eigenvalue weighted by Gasteiger charge is 2.32. The van der Waals surface area contributed by atoms with Crippen molar-refractivity contribution >= 4 is 28.2 Å². The van der Waals surface area contributed by atoms with Gasteiger partial charge in [-0.25, -0.2) is 9.78 Å². The van der Waals surface area contributed by atoms with Crippen LogP contribution in [0.1, 0.15) is 47.3 Å². The molecule has 2 heterocycles. The minimum absolute atomic E-state index is 0.0647. The number of ether oxygens (including phenoxy) is 1. The molecule has 1 aliphatic rings. The fourth-order valence-corrected chi connectivity index (χ4v) is 4.06. The Morgan fingerprint density at radius 3 is 2.79 bits per heavy atom. The number of thiophene rings is 1. The van der Waals surface area contributed by atoms with E-state index in [1.54, 1.807) is 6.92 Å². The summed E-state index contributed by atoms with van der Waals surface area (Å²) in [5, 5.41) is 5.33. The lowest BCUT2D eigenvalue weighted by Gasteiger charge is -2.07. The van der Waals surface area contributed by atoms with Crippen LogP contribution in [0.3, 0.4) is 0 Å². The molecule has 1 aromatic carbocycles. The Balaban J connectivity index is 1.47. The van der Waals surface area contributed by atoms with Gasteiger partial charge >= 0.3 is 5.97 Å². The molecule has 0 radical (unpaired) electrons. The zero-order chi connectivity index (χ0) is 19.5. The van der Waals surface area contributed by atoms with Gasteiger partial charge in [0, 0.05) is 5.56 Å². The Morgan fingerprint density at radius 1 is 1.29 bits per heavy atom. The number of esters is 1. The SMILES string of the molecule is CCOC(=O)c1c(C2CC2)csc1NC(=O)Cc1coc(-c2ccccc2)n1. The number of rotatable bonds is 7. The van der Waals surface area contributed by atoms with Crippen LogP contribution in [0.5, 0.6) is 0 Å². The first-order valence-corrected chi connectivity index (χ1v) is 10.1. The molecule has 0 spiro atoms. The summed E-state index contributed by atoms with van der Waals surface area (Å²) in [4.78, 5) is 29.3. The van der Waals surface area contributed by atoms with E-state index >= 15 is 0 Å². The van der Waals surface area contributed by atoms with Crippen molar-refractivity contribution < 1.29 is 18.7 Å². The molecule has 144 valence electrons. The van der Waals surface area contributed by atoms with E-state index in [1.807, 2.05) is 35.7 Å². The van der Waals surface area contributed by atoms with Gasteiger partial charge in [-0.3, -0.25) is 4.79 Å². The number of oxazole rings is 1. The maximum absolute atomic E-state index is 12.5. The smallest absolute Gasteiger partial charge is 0.341 e. The number of hydrogen-bond donors (Lipinski definition) is 1. The van der Waals surface area contributed by atoms with Crippen LogP contribution in [-0.2, 0) is 16.0 Å². The second-order valence-electron chi connectivity index (χ2n) is 6.62. The van der Waals surface area contributed by atoms with Gasteiger partial charge < -0.3 is 14.5 Å². The molecule has 6 nitrogen and oxygen atoms in total. The highest BCUT2D eigenvalue weighted by molar-refractivity contribution is 7.15. The maximum atomic E-state index is 12.5. The number of aromatic nitrogens is 1. The van der Waals surface area contributed by atoms with Gasteiger partial charge in [0.25, 0.3) is 0 Å². The van der Waals surface area contributed by atoms with Gasteiger partial charge in [0.1, 0.15) is 11.3 Å². The molecule has 1 amide bonds. The quantitative estimate of drug-likeness (QED) is 0.589. The van der Waals surface area contributed by atoms with Gasteiger partial charge in [-0.05, 0) is 48.8 Å². The predicted octanol–water partition coefficient (Wildman–Crippen LogP) is 4.64. The van der Waals surface area contributed by atoms with Gasteiger partial charge in [0.15, 0.2) is 0 Å². The van der Waals surface area contributed by atoms with Gasteiger partial charge in [-0.15, -0.1) is 11.3 Å². The number of carbonyl (C=O) groups excluding carboxylic acids is 2. The Kier molecular flexibility index (Phi) is 5.25. The Hall–Kier alpha value is -2.93. The number of nitrogens with zero attached hydrogens (tertiary/aromatic N) is 1. The molecular weight excluding hydrogens is 376 g/mol. The van der Waals surface area contributed by atoms with Crippen LogP contribution in [0, 0.1) is 0 Å². The first-order valence-electron chi connectivity index (χ1n) is 9.24. The van der Waals surface area contributed by atoms with Gasteiger partial charge in [-0.1, -0.05) is 18.2 Å². The highest BCUT2D eigenvalue weighted by atomic mass is 32.1. The van der Waals surface area contributed by atoms with E-state index in [9.17, 15) is 9.59 Å². The molecule has 28 heavy (non-hydrogen) atoms. The fourth-order valence-electron chi connectivity index (χ4n) is 3.01. The van der Waals surface area contributed by atoms with Crippen LogP contribution in [-0.4, -0.2) is 23.5 Å². The first kappa shape index (κ1) is 18.4. The number of benzene rings is 1. The summed E-state index contributed by atoms with van der Waals surface area (Å²) >= 11 is 1.36. The van der Waals surface area contributed by atoms with Crippen molar-refractivity contribution in [2.45, 2.75) is 32.1 Å². The van der Waals surface area contributed by atoms with E-state index in [1.165, 1.54) is 17.6 Å². The molecule has 1 N–H and O–H groups in total. The third-order valence-electron chi connectivity index (χ3n) is 4.48. The second-order valence-corrected chi connectivity index (χ2v) is 7.50. The monoisotopic (exact) mass is 396 g/mol. The molecule has 0 atom stereocenters. The van der Waals surface area contributed by atoms with Crippen LogP contribution in [0.25, 0.3) is 11.5 Å². The third-order valence-corrected chi connectivity index (χ3v) is 5.40. The summed E-state index contributed by atoms with van der Waals surface area (Å²) in [5.74, 6) is 0.240. The molecule has 0 unspecified atom stereocenters. The molecule has 0 aliphatic heterocycles. The second kappa shape index (κ2) is 7.98. The summed E-state index contributed by atoms with van der Waals surface area (Å²) in [6.45, 7) is 2.07. The van der Waals surface area contributed by atoms with Crippen molar-refractivity contribution in [1.29, 1.82) is 0 Å². The number of hydrogen-bond acceptors (Lipinski definition) is 6. The van der Waals surface area contributed by atoms with Crippen molar-refractivity contribution in [1.82, 2.24) is 4.98 Å². The van der Waals surface area contributed by atoms with Crippen molar-refractivity contribution in [2.75, 3.05) is 11.9 Å². The normalized spacial score (nSPS) is 13.3. The summed E-state index contributed by atoms with van der Waals surface area (Å²) in [6, 6.07) is 9.51. The molecule has 4 rings (SSSR count). The fraction of sp³-hybridized carbons (Fsp3) is 0.286. The van der Waals surface area contributed by atoms with Crippen LogP contribution in [0.2, 0.25) is 0 Å². The van der Waals surface area contributed by atoms with E-state index < -0.39 is 0 Å². The summed E-state index contributed by atoms with van der Waals surface area (Å²) < 4.78 is 10.7. The lowest BCUT2D eigenvalue weighted by molar-refractivity contribution is -0.115. The zero-order valence-electron chi connectivity index (χ0n) is 15.4. The Labute approximate surface area is 166 Å². The van der Waals surface area contributed by atoms with Crippen LogP contribution < -0.4 is 5.32 Å². The molecule has 7 heteroatoms. The summed E-state index contributed by atoms with van der Waals surface area (Å²) in [5.41, 5.74) is 2.86. The van der Waals surface area contributed by atoms with Crippen LogP contribution in [0.4, 0.5) is 5.00 Å². The summed E-state index contributed by atoms with van der Waals surface area (Å²) in [6.07, 6.45) is 3.68. The van der Waals surface area contributed by atoms with Crippen molar-refractivity contribution in [2.24, 2.45) is 0 Å². The van der Waals surface area contributed by atoms with E-state index in [2.05, 4.69) is 10.3 Å². The average Bonchev–Trinajstić information content (AvgIpc) is 3.29. The van der Waals surface area contributed by atoms with Crippen molar-refractivity contribution in [3.8, 4) is 11.5 Å². The molecular formula is C21H20N2O4S. The molecule has 0 saturated heterocycles. The minimum atomic E-state index is -0.381. The van der Waals surface area contributed by atoms with Crippen molar-refractivity contribution in [3.05, 3.63) is 58.8 Å². The largest absolute Gasteiger partial charge is 0.462 e. The first-order chi connectivity index (χ1) is 13.7. The number of nitrogens with one attached hydrogen (secondary N) is 1. The number of carbonyl (C=O) groups is 2. The van der Waals surface area contributed by atoms with Gasteiger partial charge in [-0.2, -0.15) is 0 Å². The highest BCUT2D eigenvalue weighted by Crippen LogP contribution is 2.46. The average molecular weight is 396 g/mol. The van der Waals surface area contributed by atoms with E-state index in [0.717, 1.165) is 24.0 Å². The van der Waals surface area contributed by atoms with Gasteiger partial charge in [0.05, 0.1) is 24.3 Å². The third kappa shape index (κ3) is 3.99. The number of amides is 1. The van der Waals surface area contributed by atoms with Gasteiger partial charge in [0.2, 0.25) is 11.8 Å². The standard InChI is InChI=1S/C21H20N2O4S/c1-2-26-21(25)18-16(13-8-9-13)12-28-20(18)23-17(24)10-15-11-27-19(22-15)14-6-4-3-5-7-14/h3-7,11-13H,2,8-10H2,1H3,(H,23,24). The molecule has 1 fully saturated rings. The van der Waals surface area contributed by atoms with E-state index in [0.29, 0.717) is 34.7 Å². The lowest BCUT2D eigenvalue weighted by Crippen LogP contribution is -2.17. The van der Waals surface area contributed by atoms with Crippen molar-refractivity contribution in [3.63, 3.8) is 0 Å². The molecule has 3 aromatic rings.